The SMILES string of the molecule is COc1cc2c(cc1OC)S(=O)CCC(=O)N2. The largest absolute Gasteiger partial charge is 0.493 e. The van der Waals surface area contributed by atoms with Gasteiger partial charge >= 0.3 is 0 Å². The molecular formula is C11H13NO4S. The van der Waals surface area contributed by atoms with Crippen molar-refractivity contribution in [1.29, 1.82) is 0 Å². The summed E-state index contributed by atoms with van der Waals surface area (Å²) < 4.78 is 22.2. The quantitative estimate of drug-likeness (QED) is 0.861. The monoisotopic (exact) mass is 255 g/mol. The van der Waals surface area contributed by atoms with Crippen LogP contribution < -0.4 is 14.8 Å². The van der Waals surface area contributed by atoms with E-state index in [1.54, 1.807) is 12.1 Å². The second kappa shape index (κ2) is 4.75. The van der Waals surface area contributed by atoms with Crippen LogP contribution in [0.2, 0.25) is 0 Å². The second-order valence-electron chi connectivity index (χ2n) is 3.55. The zero-order chi connectivity index (χ0) is 12.4. The molecule has 2 rings (SSSR count). The lowest BCUT2D eigenvalue weighted by Gasteiger charge is -2.12. The minimum atomic E-state index is -1.19. The number of ether oxygens (including phenoxy) is 2. The number of methoxy groups -OCH3 is 2. The molecule has 6 heteroatoms. The van der Waals surface area contributed by atoms with Crippen LogP contribution in [0.25, 0.3) is 0 Å². The Labute approximate surface area is 102 Å². The van der Waals surface area contributed by atoms with Gasteiger partial charge in [0, 0.05) is 24.3 Å². The smallest absolute Gasteiger partial charge is 0.225 e. The summed E-state index contributed by atoms with van der Waals surface area (Å²) in [5, 5.41) is 2.71. The molecule has 0 aliphatic carbocycles. The molecule has 1 aliphatic heterocycles. The Morgan fingerprint density at radius 2 is 1.88 bits per heavy atom. The number of carbonyl (C=O) groups is 1. The summed E-state index contributed by atoms with van der Waals surface area (Å²) in [6.45, 7) is 0. The standard InChI is InChI=1S/C11H13NO4S/c1-15-8-5-7-10(6-9(8)16-2)17(14)4-3-11(13)12-7/h5-6H,3-4H2,1-2H3,(H,12,13). The number of amides is 1. The highest BCUT2D eigenvalue weighted by molar-refractivity contribution is 7.85. The fourth-order valence-electron chi connectivity index (χ4n) is 1.65. The van der Waals surface area contributed by atoms with Gasteiger partial charge in [-0.05, 0) is 0 Å². The van der Waals surface area contributed by atoms with Gasteiger partial charge < -0.3 is 14.8 Å². The first-order valence-electron chi connectivity index (χ1n) is 5.10. The lowest BCUT2D eigenvalue weighted by atomic mass is 10.2. The number of hydrogen-bond donors (Lipinski definition) is 1. The number of rotatable bonds is 2. The molecule has 0 saturated heterocycles. The third kappa shape index (κ3) is 2.26. The molecule has 0 aromatic heterocycles. The number of hydrogen-bond acceptors (Lipinski definition) is 4. The molecule has 5 nitrogen and oxygen atoms in total. The maximum Gasteiger partial charge on any atom is 0.225 e. The minimum Gasteiger partial charge on any atom is -0.493 e. The molecule has 1 unspecified atom stereocenters. The molecule has 0 bridgehead atoms. The summed E-state index contributed by atoms with van der Waals surface area (Å²) in [5.41, 5.74) is 0.531. The Morgan fingerprint density at radius 3 is 2.53 bits per heavy atom. The topological polar surface area (TPSA) is 64.6 Å². The molecule has 0 spiro atoms. The van der Waals surface area contributed by atoms with E-state index in [0.717, 1.165) is 0 Å². The van der Waals surface area contributed by atoms with Gasteiger partial charge in [0.05, 0.1) is 35.6 Å². The zero-order valence-electron chi connectivity index (χ0n) is 9.61. The third-order valence-corrected chi connectivity index (χ3v) is 3.92. The van der Waals surface area contributed by atoms with Gasteiger partial charge in [0.1, 0.15) is 0 Å². The lowest BCUT2D eigenvalue weighted by molar-refractivity contribution is -0.115. The molecule has 17 heavy (non-hydrogen) atoms. The predicted molar refractivity (Wildman–Crippen MR) is 64.1 cm³/mol. The molecule has 1 aliphatic rings. The van der Waals surface area contributed by atoms with Crippen molar-refractivity contribution in [2.45, 2.75) is 11.3 Å². The molecule has 0 radical (unpaired) electrons. The van der Waals surface area contributed by atoms with E-state index in [-0.39, 0.29) is 12.3 Å². The first-order chi connectivity index (χ1) is 8.15. The average Bonchev–Trinajstić information content (AvgIpc) is 2.47. The Bertz CT molecular complexity index is 487. The van der Waals surface area contributed by atoms with Crippen LogP contribution in [0.3, 0.4) is 0 Å². The highest BCUT2D eigenvalue weighted by atomic mass is 32.2. The van der Waals surface area contributed by atoms with Crippen LogP contribution in [0, 0.1) is 0 Å². The Morgan fingerprint density at radius 1 is 1.24 bits per heavy atom. The van der Waals surface area contributed by atoms with Crippen molar-refractivity contribution in [3.8, 4) is 11.5 Å². The van der Waals surface area contributed by atoms with Crippen LogP contribution in [0.1, 0.15) is 6.42 Å². The van der Waals surface area contributed by atoms with Crippen molar-refractivity contribution < 1.29 is 18.5 Å². The summed E-state index contributed by atoms with van der Waals surface area (Å²) >= 11 is 0. The molecule has 92 valence electrons. The fraction of sp³-hybridized carbons (Fsp3) is 0.364. The summed E-state index contributed by atoms with van der Waals surface area (Å²) in [5.74, 6) is 1.21. The fourth-order valence-corrected chi connectivity index (χ4v) is 2.84. The van der Waals surface area contributed by atoms with Crippen molar-refractivity contribution in [2.24, 2.45) is 0 Å². The molecule has 1 aromatic carbocycles. The van der Waals surface area contributed by atoms with Gasteiger partial charge in [0.25, 0.3) is 0 Å². The minimum absolute atomic E-state index is 0.135. The van der Waals surface area contributed by atoms with Gasteiger partial charge in [-0.2, -0.15) is 0 Å². The molecule has 1 amide bonds. The van der Waals surface area contributed by atoms with Gasteiger partial charge in [0.15, 0.2) is 11.5 Å². The number of fused-ring (bicyclic) bond motifs is 1. The van der Waals surface area contributed by atoms with Gasteiger partial charge in [-0.3, -0.25) is 9.00 Å². The number of benzene rings is 1. The molecule has 0 fully saturated rings. The summed E-state index contributed by atoms with van der Waals surface area (Å²) in [4.78, 5) is 12.0. The second-order valence-corrected chi connectivity index (χ2v) is 5.09. The van der Waals surface area contributed by atoms with E-state index in [1.165, 1.54) is 14.2 Å². The van der Waals surface area contributed by atoms with E-state index in [9.17, 15) is 9.00 Å². The highest BCUT2D eigenvalue weighted by Crippen LogP contribution is 2.36. The number of carbonyl (C=O) groups excluding carboxylic acids is 1. The molecule has 1 heterocycles. The van der Waals surface area contributed by atoms with E-state index in [2.05, 4.69) is 5.32 Å². The Balaban J connectivity index is 2.55. The summed E-state index contributed by atoms with van der Waals surface area (Å²) in [7, 11) is 1.84. The molecule has 1 atom stereocenters. The van der Waals surface area contributed by atoms with Gasteiger partial charge in [-0.15, -0.1) is 0 Å². The van der Waals surface area contributed by atoms with E-state index in [0.29, 0.717) is 27.8 Å². The van der Waals surface area contributed by atoms with Crippen LogP contribution >= 0.6 is 0 Å². The van der Waals surface area contributed by atoms with E-state index in [1.807, 2.05) is 0 Å². The van der Waals surface area contributed by atoms with E-state index in [4.69, 9.17) is 9.47 Å². The van der Waals surface area contributed by atoms with Gasteiger partial charge in [-0.25, -0.2) is 0 Å². The van der Waals surface area contributed by atoms with Crippen molar-refractivity contribution in [3.05, 3.63) is 12.1 Å². The Hall–Kier alpha value is -1.56. The van der Waals surface area contributed by atoms with Crippen molar-refractivity contribution in [2.75, 3.05) is 25.3 Å². The molecule has 0 saturated carbocycles. The van der Waals surface area contributed by atoms with Crippen molar-refractivity contribution in [1.82, 2.24) is 0 Å². The molecule has 1 N–H and O–H groups in total. The zero-order valence-corrected chi connectivity index (χ0v) is 10.4. The van der Waals surface area contributed by atoms with E-state index >= 15 is 0 Å². The van der Waals surface area contributed by atoms with Gasteiger partial charge in [0.2, 0.25) is 5.91 Å². The normalized spacial score (nSPS) is 18.9. The Kier molecular flexibility index (Phi) is 3.33. The lowest BCUT2D eigenvalue weighted by Crippen LogP contribution is -2.10. The highest BCUT2D eigenvalue weighted by Gasteiger charge is 2.21. The first kappa shape index (κ1) is 11.9. The van der Waals surface area contributed by atoms with Crippen LogP contribution in [0.15, 0.2) is 17.0 Å². The van der Waals surface area contributed by atoms with Crippen LogP contribution in [0.4, 0.5) is 5.69 Å². The van der Waals surface area contributed by atoms with Crippen LogP contribution in [-0.4, -0.2) is 30.1 Å². The number of nitrogens with one attached hydrogen (secondary N) is 1. The maximum atomic E-state index is 11.9. The van der Waals surface area contributed by atoms with Crippen molar-refractivity contribution in [3.63, 3.8) is 0 Å². The first-order valence-corrected chi connectivity index (χ1v) is 6.42. The number of anilines is 1. The van der Waals surface area contributed by atoms with Crippen LogP contribution in [-0.2, 0) is 15.6 Å². The predicted octanol–water partition coefficient (Wildman–Crippen LogP) is 1.15. The maximum absolute atomic E-state index is 11.9. The summed E-state index contributed by atoms with van der Waals surface area (Å²) in [6.07, 6.45) is 0.256. The molecular weight excluding hydrogens is 242 g/mol. The van der Waals surface area contributed by atoms with Crippen LogP contribution in [0.5, 0.6) is 11.5 Å². The average molecular weight is 255 g/mol. The van der Waals surface area contributed by atoms with Crippen molar-refractivity contribution >= 4 is 22.4 Å². The molecule has 1 aromatic rings. The van der Waals surface area contributed by atoms with E-state index < -0.39 is 10.8 Å². The van der Waals surface area contributed by atoms with Gasteiger partial charge in [-0.1, -0.05) is 0 Å². The third-order valence-electron chi connectivity index (χ3n) is 2.52. The summed E-state index contributed by atoms with van der Waals surface area (Å²) in [6, 6.07) is 3.28.